The van der Waals surface area contributed by atoms with Crippen LogP contribution in [0.4, 0.5) is 0 Å². The Labute approximate surface area is 388 Å². The van der Waals surface area contributed by atoms with Crippen LogP contribution in [0.2, 0.25) is 0 Å². The Morgan fingerprint density at radius 1 is 0.862 bits per heavy atom. The first-order chi connectivity index (χ1) is 31.1. The van der Waals surface area contributed by atoms with Gasteiger partial charge >= 0.3 is 0 Å². The molecule has 12 atom stereocenters. The van der Waals surface area contributed by atoms with Crippen molar-refractivity contribution in [3.05, 3.63) is 0 Å². The van der Waals surface area contributed by atoms with E-state index in [9.17, 15) is 42.0 Å². The van der Waals surface area contributed by atoms with Crippen LogP contribution in [-0.4, -0.2) is 158 Å². The first-order valence-corrected chi connectivity index (χ1v) is 27.0. The SMILES string of the molecule is CC1CC(C(=O)NCC(=O)NC2NC(C3CCCC(C4CCNC(N(C)CC(=O)NCCCCCNC5CCCC6C(=O)N(C7CCC(=O)NC7=O)C(=O)C56)C4)C3)CS2)CN1S(C)(=O)=O. The molecule has 19 nitrogen and oxygen atoms in total. The molecule has 21 heteroatoms. The summed E-state index contributed by atoms with van der Waals surface area (Å²) in [5.74, 6) is -0.909. The molecule has 0 aromatic carbocycles. The molecule has 5 heterocycles. The molecule has 0 aromatic rings. The van der Waals surface area contributed by atoms with E-state index in [1.165, 1.54) is 17.1 Å². The standard InChI is InChI=1S/C44H72N10O9S2/c1-26-19-30(23-53(26)65(3,62)63)40(58)48-22-37(56)51-44-49-33(25-64-44)29-10-7-9-27(20-29)28-15-18-46-35(21-28)52(2)24-38(57)47-17-6-4-5-16-45-32-12-8-11-31-39(32)43(61)54(42(31)60)34-13-14-36(55)50-41(34)59/h26-35,39,44-46,49H,4-25H2,1-3H3,(H,47,57)(H,48,58)(H,51,56)(H,50,55,59). The molecule has 0 spiro atoms. The molecule has 5 aliphatic heterocycles. The molecule has 7 aliphatic rings. The number of carbonyl (C=O) groups excluding carboxylic acids is 7. The van der Waals surface area contributed by atoms with E-state index in [2.05, 4.69) is 42.1 Å². The van der Waals surface area contributed by atoms with E-state index < -0.39 is 39.7 Å². The number of nitrogens with one attached hydrogen (secondary N) is 7. The van der Waals surface area contributed by atoms with Gasteiger partial charge in [-0.25, -0.2) is 8.42 Å². The number of likely N-dealkylation sites (N-methyl/N-ethyl adjacent to an activating group) is 1. The maximum absolute atomic E-state index is 13.5. The number of imide groups is 2. The first-order valence-electron chi connectivity index (χ1n) is 24.1. The van der Waals surface area contributed by atoms with Gasteiger partial charge in [-0.1, -0.05) is 25.7 Å². The second kappa shape index (κ2) is 22.3. The molecule has 7 amide bonds. The van der Waals surface area contributed by atoms with Crippen LogP contribution in [0.5, 0.6) is 0 Å². The normalized spacial score (nSPS) is 34.7. The summed E-state index contributed by atoms with van der Waals surface area (Å²) in [6, 6.07) is -1.01. The summed E-state index contributed by atoms with van der Waals surface area (Å²) in [6.07, 6.45) is 13.6. The van der Waals surface area contributed by atoms with Crippen LogP contribution in [0.1, 0.15) is 103 Å². The smallest absolute Gasteiger partial charge is 0.249 e. The molecule has 7 rings (SSSR count). The predicted octanol–water partition coefficient (Wildman–Crippen LogP) is -0.224. The quantitative estimate of drug-likeness (QED) is 0.0694. The van der Waals surface area contributed by atoms with Gasteiger partial charge in [0.25, 0.3) is 0 Å². The molecular weight excluding hydrogens is 877 g/mol. The first kappa shape index (κ1) is 49.7. The van der Waals surface area contributed by atoms with Crippen molar-refractivity contribution >= 4 is 63.1 Å². The van der Waals surface area contributed by atoms with Gasteiger partial charge < -0.3 is 26.6 Å². The highest BCUT2D eigenvalue weighted by Gasteiger charge is 2.55. The fourth-order valence-corrected chi connectivity index (χ4v) is 14.3. The fraction of sp³-hybridized carbons (Fsp3) is 0.841. The van der Waals surface area contributed by atoms with E-state index in [0.717, 1.165) is 81.2 Å². The molecule has 65 heavy (non-hydrogen) atoms. The molecule has 5 saturated heterocycles. The number of piperidine rings is 2. The highest BCUT2D eigenvalue weighted by molar-refractivity contribution is 8.00. The zero-order chi connectivity index (χ0) is 46.4. The van der Waals surface area contributed by atoms with Crippen LogP contribution in [0.3, 0.4) is 0 Å². The summed E-state index contributed by atoms with van der Waals surface area (Å²) < 4.78 is 25.4. The van der Waals surface area contributed by atoms with Crippen molar-refractivity contribution in [1.82, 2.24) is 51.3 Å². The lowest BCUT2D eigenvalue weighted by molar-refractivity contribution is -0.151. The van der Waals surface area contributed by atoms with Gasteiger partial charge in [-0.05, 0) is 109 Å². The Morgan fingerprint density at radius 3 is 2.38 bits per heavy atom. The number of hydrogen-bond donors (Lipinski definition) is 7. The zero-order valence-electron chi connectivity index (χ0n) is 38.3. The topological polar surface area (TPSA) is 248 Å². The maximum Gasteiger partial charge on any atom is 0.249 e. The van der Waals surface area contributed by atoms with Crippen LogP contribution in [0.25, 0.3) is 0 Å². The van der Waals surface area contributed by atoms with Crippen LogP contribution in [-0.2, 0) is 43.6 Å². The molecule has 7 N–H and O–H groups in total. The van der Waals surface area contributed by atoms with Gasteiger partial charge in [-0.2, -0.15) is 4.31 Å². The van der Waals surface area contributed by atoms with E-state index >= 15 is 0 Å². The van der Waals surface area contributed by atoms with Crippen molar-refractivity contribution < 1.29 is 42.0 Å². The largest absolute Gasteiger partial charge is 0.355 e. The van der Waals surface area contributed by atoms with Crippen molar-refractivity contribution in [3.8, 4) is 0 Å². The second-order valence-corrected chi connectivity index (χ2v) is 22.9. The van der Waals surface area contributed by atoms with Gasteiger partial charge in [0.2, 0.25) is 51.4 Å². The Hall–Kier alpha value is -3.21. The van der Waals surface area contributed by atoms with Crippen molar-refractivity contribution in [2.45, 2.75) is 139 Å². The highest BCUT2D eigenvalue weighted by Crippen LogP contribution is 2.42. The van der Waals surface area contributed by atoms with Gasteiger partial charge in [0.15, 0.2) is 0 Å². The third-order valence-corrected chi connectivity index (χ3v) is 17.8. The molecule has 7 fully saturated rings. The molecule has 2 aliphatic carbocycles. The third-order valence-electron chi connectivity index (χ3n) is 15.3. The van der Waals surface area contributed by atoms with E-state index in [1.54, 1.807) is 18.7 Å². The van der Waals surface area contributed by atoms with Gasteiger partial charge in [0.1, 0.15) is 11.5 Å². The minimum Gasteiger partial charge on any atom is -0.355 e. The van der Waals surface area contributed by atoms with Crippen LogP contribution < -0.4 is 37.2 Å². The predicted molar refractivity (Wildman–Crippen MR) is 244 cm³/mol. The zero-order valence-corrected chi connectivity index (χ0v) is 39.9. The number of likely N-dealkylation sites (tertiary alicyclic amines) is 1. The van der Waals surface area contributed by atoms with Crippen LogP contribution in [0, 0.1) is 35.5 Å². The summed E-state index contributed by atoms with van der Waals surface area (Å²) in [7, 11) is -1.38. The van der Waals surface area contributed by atoms with Crippen LogP contribution >= 0.6 is 11.8 Å². The number of hydrogen-bond acceptors (Lipinski definition) is 14. The van der Waals surface area contributed by atoms with Crippen molar-refractivity contribution in [2.75, 3.05) is 58.3 Å². The third kappa shape index (κ3) is 12.5. The Bertz CT molecular complexity index is 1890. The number of amides is 7. The molecule has 0 aromatic heterocycles. The van der Waals surface area contributed by atoms with E-state index in [-0.39, 0.29) is 85.1 Å². The second-order valence-electron chi connectivity index (χ2n) is 19.8. The molecule has 0 radical (unpaired) electrons. The fourth-order valence-electron chi connectivity index (χ4n) is 11.8. The molecule has 364 valence electrons. The number of nitrogens with zero attached hydrogens (tertiary/aromatic N) is 3. The minimum absolute atomic E-state index is 0.00345. The molecule has 12 unspecified atom stereocenters. The van der Waals surface area contributed by atoms with Gasteiger partial charge in [0, 0.05) is 43.4 Å². The lowest BCUT2D eigenvalue weighted by atomic mass is 9.70. The van der Waals surface area contributed by atoms with E-state index in [4.69, 9.17) is 0 Å². The summed E-state index contributed by atoms with van der Waals surface area (Å²) in [5, 5.41) is 21.9. The number of unbranched alkanes of at least 4 members (excludes halogenated alkanes) is 2. The van der Waals surface area contributed by atoms with Gasteiger partial charge in [0.05, 0.1) is 43.3 Å². The Balaban J connectivity index is 0.752. The monoisotopic (exact) mass is 948 g/mol. The summed E-state index contributed by atoms with van der Waals surface area (Å²) in [6.45, 7) is 4.27. The summed E-state index contributed by atoms with van der Waals surface area (Å²) in [4.78, 5) is 92.7. The average Bonchev–Trinajstić information content (AvgIpc) is 3.98. The van der Waals surface area contributed by atoms with E-state index in [1.807, 2.05) is 7.05 Å². The van der Waals surface area contributed by atoms with E-state index in [0.29, 0.717) is 56.3 Å². The Morgan fingerprint density at radius 2 is 1.62 bits per heavy atom. The minimum atomic E-state index is -3.39. The average molecular weight is 949 g/mol. The van der Waals surface area contributed by atoms with Gasteiger partial charge in [-0.15, -0.1) is 11.8 Å². The molecular formula is C44H72N10O9S2. The molecule has 0 bridgehead atoms. The Kier molecular flexibility index (Phi) is 17.0. The number of fused-ring (bicyclic) bond motifs is 1. The van der Waals surface area contributed by atoms with Crippen LogP contribution in [0.15, 0.2) is 0 Å². The van der Waals surface area contributed by atoms with Crippen molar-refractivity contribution in [3.63, 3.8) is 0 Å². The van der Waals surface area contributed by atoms with Gasteiger partial charge in [-0.3, -0.25) is 54.0 Å². The number of thioether (sulfide) groups is 1. The maximum atomic E-state index is 13.5. The lowest BCUT2D eigenvalue weighted by Gasteiger charge is -2.42. The molecule has 2 saturated carbocycles. The number of sulfonamides is 1. The number of rotatable bonds is 18. The number of carbonyl (C=O) groups is 7. The summed E-state index contributed by atoms with van der Waals surface area (Å²) >= 11 is 1.68. The van der Waals surface area contributed by atoms with Crippen molar-refractivity contribution in [2.24, 2.45) is 35.5 Å². The van der Waals surface area contributed by atoms with Crippen molar-refractivity contribution in [1.29, 1.82) is 0 Å². The lowest BCUT2D eigenvalue weighted by Crippen LogP contribution is -2.55. The summed E-state index contributed by atoms with van der Waals surface area (Å²) in [5.41, 5.74) is -0.228. The highest BCUT2D eigenvalue weighted by atomic mass is 32.2.